The van der Waals surface area contributed by atoms with E-state index in [1.165, 1.54) is 0 Å². The number of carboxylic acid groups (broad SMARTS) is 1. The Morgan fingerprint density at radius 3 is 2.63 bits per heavy atom. The first-order valence-electron chi connectivity index (χ1n) is 13.3. The predicted octanol–water partition coefficient (Wildman–Crippen LogP) is 1.86. The van der Waals surface area contributed by atoms with Crippen molar-refractivity contribution in [1.29, 1.82) is 0 Å². The van der Waals surface area contributed by atoms with E-state index in [9.17, 15) is 29.7 Å². The molecule has 1 heterocycles. The van der Waals surface area contributed by atoms with Crippen LogP contribution in [0, 0.1) is 5.92 Å². The molecule has 0 aromatic heterocycles. The van der Waals surface area contributed by atoms with Crippen LogP contribution in [0.4, 0.5) is 0 Å². The average Bonchev–Trinajstić information content (AvgIpc) is 3.29. The number of aliphatic hydroxyl groups is 2. The second-order valence-electron chi connectivity index (χ2n) is 10.9. The number of hydrogen-bond acceptors (Lipinski definition) is 8. The SMILES string of the molecule is CCN(C)[C@@H]1Cc2ccc(CO)c3c2C2[C@@H](O3)C(OC(=O)CCCC(=O)N[C@H](C(=O)O)C(C)C)=CC[C@]21O. The number of amides is 1. The third-order valence-corrected chi connectivity index (χ3v) is 8.13. The van der Waals surface area contributed by atoms with Gasteiger partial charge in [0.1, 0.15) is 17.6 Å². The summed E-state index contributed by atoms with van der Waals surface area (Å²) in [6.45, 7) is 6.00. The minimum absolute atomic E-state index is 0.00730. The van der Waals surface area contributed by atoms with E-state index in [0.29, 0.717) is 23.5 Å². The summed E-state index contributed by atoms with van der Waals surface area (Å²) in [4.78, 5) is 38.3. The second-order valence-corrected chi connectivity index (χ2v) is 10.9. The van der Waals surface area contributed by atoms with E-state index in [2.05, 4.69) is 10.2 Å². The Kier molecular flexibility index (Phi) is 8.15. The number of benzene rings is 1. The number of nitrogens with one attached hydrogen (secondary N) is 1. The van der Waals surface area contributed by atoms with Gasteiger partial charge >= 0.3 is 11.9 Å². The molecule has 1 aromatic rings. The van der Waals surface area contributed by atoms with Gasteiger partial charge in [-0.25, -0.2) is 4.79 Å². The summed E-state index contributed by atoms with van der Waals surface area (Å²) in [6, 6.07) is 2.68. The number of hydrogen-bond donors (Lipinski definition) is 4. The molecule has 0 spiro atoms. The van der Waals surface area contributed by atoms with Crippen molar-refractivity contribution in [3.63, 3.8) is 0 Å². The highest BCUT2D eigenvalue weighted by Gasteiger charge is 2.60. The van der Waals surface area contributed by atoms with Crippen molar-refractivity contribution in [3.8, 4) is 5.75 Å². The summed E-state index contributed by atoms with van der Waals surface area (Å²) in [7, 11) is 1.98. The van der Waals surface area contributed by atoms with E-state index in [1.807, 2.05) is 26.1 Å². The molecule has 1 aliphatic heterocycles. The van der Waals surface area contributed by atoms with Crippen LogP contribution in [0.15, 0.2) is 24.0 Å². The summed E-state index contributed by atoms with van der Waals surface area (Å²) in [5.41, 5.74) is 1.42. The van der Waals surface area contributed by atoms with Crippen molar-refractivity contribution in [2.24, 2.45) is 5.92 Å². The number of carbonyl (C=O) groups is 3. The van der Waals surface area contributed by atoms with Gasteiger partial charge in [0.05, 0.1) is 18.1 Å². The molecule has 38 heavy (non-hydrogen) atoms. The third-order valence-electron chi connectivity index (χ3n) is 8.13. The van der Waals surface area contributed by atoms with Crippen LogP contribution in [-0.2, 0) is 32.1 Å². The maximum atomic E-state index is 12.7. The molecular weight excluding hydrogens is 492 g/mol. The molecule has 0 saturated carbocycles. The molecule has 0 fully saturated rings. The average molecular weight is 531 g/mol. The number of nitrogens with zero attached hydrogens (tertiary/aromatic N) is 1. The van der Waals surface area contributed by atoms with E-state index in [0.717, 1.165) is 17.7 Å². The number of rotatable bonds is 11. The first-order valence-corrected chi connectivity index (χ1v) is 13.3. The van der Waals surface area contributed by atoms with Gasteiger partial charge in [0.2, 0.25) is 5.91 Å². The highest BCUT2D eigenvalue weighted by Crippen LogP contribution is 2.57. The van der Waals surface area contributed by atoms with Gasteiger partial charge in [0.25, 0.3) is 0 Å². The van der Waals surface area contributed by atoms with Crippen LogP contribution in [0.1, 0.15) is 69.1 Å². The predicted molar refractivity (Wildman–Crippen MR) is 137 cm³/mol. The molecular formula is C28H38N2O8. The highest BCUT2D eigenvalue weighted by atomic mass is 16.6. The second kappa shape index (κ2) is 11.0. The molecule has 2 aliphatic carbocycles. The Morgan fingerprint density at radius 2 is 2.00 bits per heavy atom. The molecule has 1 amide bonds. The molecule has 208 valence electrons. The van der Waals surface area contributed by atoms with Gasteiger partial charge in [0, 0.05) is 36.4 Å². The van der Waals surface area contributed by atoms with Crippen molar-refractivity contribution in [3.05, 3.63) is 40.7 Å². The number of carbonyl (C=O) groups excluding carboxylic acids is 2. The molecule has 3 aliphatic rings. The van der Waals surface area contributed by atoms with Crippen LogP contribution in [0.2, 0.25) is 0 Å². The third kappa shape index (κ3) is 5.04. The van der Waals surface area contributed by atoms with Gasteiger partial charge in [0.15, 0.2) is 6.10 Å². The van der Waals surface area contributed by atoms with Gasteiger partial charge in [-0.05, 0) is 44.0 Å². The zero-order valence-corrected chi connectivity index (χ0v) is 22.4. The summed E-state index contributed by atoms with van der Waals surface area (Å²) < 4.78 is 12.0. The molecule has 0 saturated heterocycles. The van der Waals surface area contributed by atoms with Gasteiger partial charge in [-0.1, -0.05) is 32.9 Å². The molecule has 1 aromatic carbocycles. The summed E-state index contributed by atoms with van der Waals surface area (Å²) in [6.07, 6.45) is 2.09. The van der Waals surface area contributed by atoms with E-state index in [4.69, 9.17) is 9.47 Å². The topological polar surface area (TPSA) is 146 Å². The Bertz CT molecular complexity index is 1130. The fourth-order valence-electron chi connectivity index (χ4n) is 5.98. The Labute approximate surface area is 222 Å². The number of carboxylic acids is 1. The lowest BCUT2D eigenvalue weighted by molar-refractivity contribution is -0.144. The molecule has 1 unspecified atom stereocenters. The van der Waals surface area contributed by atoms with Crippen LogP contribution in [0.3, 0.4) is 0 Å². The lowest BCUT2D eigenvalue weighted by Crippen LogP contribution is -2.61. The van der Waals surface area contributed by atoms with E-state index >= 15 is 0 Å². The smallest absolute Gasteiger partial charge is 0.326 e. The maximum Gasteiger partial charge on any atom is 0.326 e. The van der Waals surface area contributed by atoms with Crippen LogP contribution in [0.25, 0.3) is 0 Å². The van der Waals surface area contributed by atoms with Gasteiger partial charge in [-0.15, -0.1) is 0 Å². The fourth-order valence-corrected chi connectivity index (χ4v) is 5.98. The van der Waals surface area contributed by atoms with Gasteiger partial charge < -0.3 is 35.0 Å². The fraction of sp³-hybridized carbons (Fsp3) is 0.607. The van der Waals surface area contributed by atoms with Crippen molar-refractivity contribution >= 4 is 17.8 Å². The van der Waals surface area contributed by atoms with E-state index in [-0.39, 0.29) is 44.2 Å². The summed E-state index contributed by atoms with van der Waals surface area (Å²) in [5, 5.41) is 33.6. The first-order chi connectivity index (χ1) is 18.0. The molecule has 10 nitrogen and oxygen atoms in total. The Morgan fingerprint density at radius 1 is 1.26 bits per heavy atom. The lowest BCUT2D eigenvalue weighted by atomic mass is 9.63. The highest BCUT2D eigenvalue weighted by molar-refractivity contribution is 5.84. The summed E-state index contributed by atoms with van der Waals surface area (Å²) in [5.74, 6) is -1.91. The van der Waals surface area contributed by atoms with E-state index in [1.54, 1.807) is 19.9 Å². The normalized spacial score (nSPS) is 25.9. The van der Waals surface area contributed by atoms with Crippen molar-refractivity contribution in [1.82, 2.24) is 10.2 Å². The number of ether oxygens (including phenoxy) is 2. The van der Waals surface area contributed by atoms with Crippen LogP contribution in [0.5, 0.6) is 5.75 Å². The number of likely N-dealkylation sites (N-methyl/N-ethyl adjacent to an activating group) is 1. The van der Waals surface area contributed by atoms with Crippen LogP contribution >= 0.6 is 0 Å². The molecule has 5 atom stereocenters. The van der Waals surface area contributed by atoms with Crippen LogP contribution in [-0.4, -0.2) is 75.4 Å². The van der Waals surface area contributed by atoms with Crippen molar-refractivity contribution in [2.45, 2.75) is 89.2 Å². The molecule has 0 radical (unpaired) electrons. The number of aliphatic carboxylic acids is 1. The summed E-state index contributed by atoms with van der Waals surface area (Å²) >= 11 is 0. The first kappa shape index (κ1) is 28.1. The lowest BCUT2D eigenvalue weighted by Gasteiger charge is -2.50. The van der Waals surface area contributed by atoms with Gasteiger partial charge in [-0.2, -0.15) is 0 Å². The zero-order chi connectivity index (χ0) is 27.8. The minimum Gasteiger partial charge on any atom is -0.481 e. The molecule has 4 N–H and O–H groups in total. The largest absolute Gasteiger partial charge is 0.481 e. The standard InChI is InChI=1S/C28H38N2O8/c1-5-30(4)19-13-16-9-10-17(14-31)25-22(16)23-26(38-25)18(11-12-28(19,23)36)37-21(33)8-6-7-20(32)29-24(15(2)3)27(34)35/h9-11,15,19,23-24,26,31,36H,5-8,12-14H2,1-4H3,(H,29,32)(H,34,35)/t19-,23?,24+,26+,28-/m1/s1. The zero-order valence-electron chi connectivity index (χ0n) is 22.4. The Balaban J connectivity index is 1.47. The molecule has 0 bridgehead atoms. The van der Waals surface area contributed by atoms with Gasteiger partial charge in [-0.3, -0.25) is 9.59 Å². The minimum atomic E-state index is -1.13. The Hall–Kier alpha value is -2.95. The van der Waals surface area contributed by atoms with Crippen LogP contribution < -0.4 is 10.1 Å². The molecule has 10 heteroatoms. The monoisotopic (exact) mass is 530 g/mol. The van der Waals surface area contributed by atoms with E-state index < -0.39 is 41.5 Å². The van der Waals surface area contributed by atoms with Crippen molar-refractivity contribution in [2.75, 3.05) is 13.6 Å². The maximum absolute atomic E-state index is 12.7. The molecule has 4 rings (SSSR count). The number of aliphatic hydroxyl groups excluding tert-OH is 1. The quantitative estimate of drug-likeness (QED) is 0.315. The van der Waals surface area contributed by atoms with Crippen molar-refractivity contribution < 1.29 is 39.2 Å². The number of esters is 1.